The highest BCUT2D eigenvalue weighted by molar-refractivity contribution is 7.98. The van der Waals surface area contributed by atoms with Crippen molar-refractivity contribution in [2.45, 2.75) is 17.5 Å². The van der Waals surface area contributed by atoms with E-state index >= 15 is 0 Å². The van der Waals surface area contributed by atoms with Gasteiger partial charge in [0.1, 0.15) is 5.82 Å². The second-order valence-electron chi connectivity index (χ2n) is 5.61. The number of thioether (sulfide) groups is 1. The van der Waals surface area contributed by atoms with Gasteiger partial charge in [-0.05, 0) is 12.3 Å². The monoisotopic (exact) mass is 361 g/mol. The van der Waals surface area contributed by atoms with Gasteiger partial charge in [0, 0.05) is 24.9 Å². The van der Waals surface area contributed by atoms with Gasteiger partial charge < -0.3 is 19.4 Å². The van der Waals surface area contributed by atoms with E-state index in [4.69, 9.17) is 9.47 Å². The van der Waals surface area contributed by atoms with Crippen molar-refractivity contribution >= 4 is 23.5 Å². The predicted molar refractivity (Wildman–Crippen MR) is 95.9 cm³/mol. The minimum absolute atomic E-state index is 0.145. The number of anilines is 1. The maximum atomic E-state index is 12.7. The van der Waals surface area contributed by atoms with Crippen LogP contribution in [-0.4, -0.2) is 35.9 Å². The van der Waals surface area contributed by atoms with Gasteiger partial charge >= 0.3 is 0 Å². The number of hydrogen-bond acceptors (Lipinski definition) is 6. The van der Waals surface area contributed by atoms with Crippen LogP contribution in [0.4, 0.5) is 5.82 Å². The largest absolute Gasteiger partial charge is 0.493 e. The molecule has 0 fully saturated rings. The fourth-order valence-electron chi connectivity index (χ4n) is 3.17. The van der Waals surface area contributed by atoms with E-state index in [9.17, 15) is 9.59 Å². The van der Waals surface area contributed by atoms with Crippen molar-refractivity contribution in [2.75, 3.05) is 25.8 Å². The number of fused-ring (bicyclic) bond motifs is 1. The van der Waals surface area contributed by atoms with Crippen LogP contribution in [0.1, 0.15) is 23.5 Å². The van der Waals surface area contributed by atoms with Crippen LogP contribution in [0.3, 0.4) is 0 Å². The van der Waals surface area contributed by atoms with Crippen LogP contribution in [-0.2, 0) is 11.8 Å². The number of amides is 1. The summed E-state index contributed by atoms with van der Waals surface area (Å²) in [6.07, 6.45) is 1.98. The van der Waals surface area contributed by atoms with Gasteiger partial charge in [0.15, 0.2) is 16.7 Å². The molecule has 1 aromatic heterocycles. The van der Waals surface area contributed by atoms with Gasteiger partial charge in [0.25, 0.3) is 5.56 Å². The lowest BCUT2D eigenvalue weighted by molar-refractivity contribution is -0.116. The van der Waals surface area contributed by atoms with Gasteiger partial charge in [-0.25, -0.2) is 0 Å². The Hall–Kier alpha value is -2.48. The van der Waals surface area contributed by atoms with Crippen LogP contribution in [0, 0.1) is 0 Å². The molecule has 3 rings (SSSR count). The van der Waals surface area contributed by atoms with E-state index < -0.39 is 5.92 Å². The van der Waals surface area contributed by atoms with Crippen LogP contribution >= 0.6 is 11.8 Å². The van der Waals surface area contributed by atoms with Gasteiger partial charge in [-0.3, -0.25) is 9.59 Å². The molecule has 0 saturated carbocycles. The Morgan fingerprint density at radius 3 is 2.68 bits per heavy atom. The van der Waals surface area contributed by atoms with E-state index in [0.29, 0.717) is 28.0 Å². The summed E-state index contributed by atoms with van der Waals surface area (Å²) in [7, 11) is 4.87. The Morgan fingerprint density at radius 2 is 2.04 bits per heavy atom. The molecule has 132 valence electrons. The Bertz CT molecular complexity index is 894. The summed E-state index contributed by atoms with van der Waals surface area (Å²) in [5.41, 5.74) is 0.854. The molecule has 0 spiro atoms. The number of benzene rings is 1. The maximum Gasteiger partial charge on any atom is 0.279 e. The Balaban J connectivity index is 2.27. The van der Waals surface area contributed by atoms with E-state index in [2.05, 4.69) is 10.3 Å². The van der Waals surface area contributed by atoms with E-state index in [1.54, 1.807) is 31.9 Å². The highest BCUT2D eigenvalue weighted by Crippen LogP contribution is 2.42. The third-order valence-electron chi connectivity index (χ3n) is 4.29. The normalized spacial score (nSPS) is 16.2. The van der Waals surface area contributed by atoms with Crippen LogP contribution < -0.4 is 20.3 Å². The molecule has 2 heterocycles. The Kier molecular flexibility index (Phi) is 4.71. The Morgan fingerprint density at radius 1 is 1.28 bits per heavy atom. The second kappa shape index (κ2) is 6.79. The van der Waals surface area contributed by atoms with Crippen molar-refractivity contribution in [1.82, 2.24) is 9.55 Å². The summed E-state index contributed by atoms with van der Waals surface area (Å²) in [4.78, 5) is 29.1. The molecule has 0 bridgehead atoms. The van der Waals surface area contributed by atoms with Crippen molar-refractivity contribution in [3.05, 3.63) is 39.7 Å². The van der Waals surface area contributed by atoms with Crippen molar-refractivity contribution in [1.29, 1.82) is 0 Å². The van der Waals surface area contributed by atoms with Crippen molar-refractivity contribution in [3.63, 3.8) is 0 Å². The molecule has 0 aliphatic carbocycles. The zero-order valence-corrected chi connectivity index (χ0v) is 15.3. The van der Waals surface area contributed by atoms with Gasteiger partial charge in [-0.15, -0.1) is 0 Å². The zero-order chi connectivity index (χ0) is 18.1. The minimum Gasteiger partial charge on any atom is -0.493 e. The molecule has 8 heteroatoms. The van der Waals surface area contributed by atoms with E-state index in [1.807, 2.05) is 18.4 Å². The fourth-order valence-corrected chi connectivity index (χ4v) is 3.71. The number of methoxy groups -OCH3 is 2. The summed E-state index contributed by atoms with van der Waals surface area (Å²) in [6.45, 7) is 0. The quantitative estimate of drug-likeness (QED) is 0.662. The molecule has 7 nitrogen and oxygen atoms in total. The molecular weight excluding hydrogens is 342 g/mol. The topological polar surface area (TPSA) is 82.5 Å². The van der Waals surface area contributed by atoms with Crippen LogP contribution in [0.15, 0.2) is 28.2 Å². The first kappa shape index (κ1) is 17.3. The molecule has 1 unspecified atom stereocenters. The van der Waals surface area contributed by atoms with E-state index in [1.165, 1.54) is 11.8 Å². The molecule has 1 aliphatic rings. The summed E-state index contributed by atoms with van der Waals surface area (Å²) in [5, 5.41) is 3.35. The fraction of sp³-hybridized carbons (Fsp3) is 0.353. The SMILES string of the molecule is COc1cccc(C2CC(=O)Nc3c2c(=O)nc(SC)n3C)c1OC. The average Bonchev–Trinajstić information content (AvgIpc) is 2.62. The first-order valence-corrected chi connectivity index (χ1v) is 8.89. The molecule has 1 aliphatic heterocycles. The van der Waals surface area contributed by atoms with Crippen molar-refractivity contribution < 1.29 is 14.3 Å². The van der Waals surface area contributed by atoms with Gasteiger partial charge in [0.2, 0.25) is 5.91 Å². The molecule has 2 aromatic rings. The number of nitrogens with zero attached hydrogens (tertiary/aromatic N) is 2. The van der Waals surface area contributed by atoms with Gasteiger partial charge in [0.05, 0.1) is 19.8 Å². The molecule has 0 saturated heterocycles. The number of nitrogens with one attached hydrogen (secondary N) is 1. The first-order chi connectivity index (χ1) is 12.0. The highest BCUT2D eigenvalue weighted by Gasteiger charge is 2.34. The van der Waals surface area contributed by atoms with Gasteiger partial charge in [-0.2, -0.15) is 4.98 Å². The minimum atomic E-state index is -0.448. The lowest BCUT2D eigenvalue weighted by Crippen LogP contribution is -2.33. The summed E-state index contributed by atoms with van der Waals surface area (Å²) >= 11 is 1.35. The second-order valence-corrected chi connectivity index (χ2v) is 6.39. The number of hydrogen-bond donors (Lipinski definition) is 1. The lowest BCUT2D eigenvalue weighted by Gasteiger charge is -2.28. The summed E-state index contributed by atoms with van der Waals surface area (Å²) < 4.78 is 12.6. The third-order valence-corrected chi connectivity index (χ3v) is 5.02. The first-order valence-electron chi connectivity index (χ1n) is 7.67. The number of carbonyl (C=O) groups is 1. The van der Waals surface area contributed by atoms with Crippen LogP contribution in [0.5, 0.6) is 11.5 Å². The van der Waals surface area contributed by atoms with Crippen molar-refractivity contribution in [2.24, 2.45) is 7.05 Å². The van der Waals surface area contributed by atoms with Crippen molar-refractivity contribution in [3.8, 4) is 11.5 Å². The Labute approximate surface area is 149 Å². The molecule has 25 heavy (non-hydrogen) atoms. The van der Waals surface area contributed by atoms with Crippen LogP contribution in [0.2, 0.25) is 0 Å². The van der Waals surface area contributed by atoms with E-state index in [0.717, 1.165) is 5.56 Å². The number of aromatic nitrogens is 2. The number of carbonyl (C=O) groups excluding carboxylic acids is 1. The standard InChI is InChI=1S/C17H19N3O4S/c1-20-15-13(16(22)19-17(20)25-4)10(8-12(21)18-15)9-6-5-7-11(23-2)14(9)24-3/h5-7,10H,8H2,1-4H3,(H,18,21). The third kappa shape index (κ3) is 2.86. The smallest absolute Gasteiger partial charge is 0.279 e. The zero-order valence-electron chi connectivity index (χ0n) is 14.5. The number of ether oxygens (including phenoxy) is 2. The van der Waals surface area contributed by atoms with Crippen LogP contribution in [0.25, 0.3) is 0 Å². The number of para-hydroxylation sites is 1. The molecule has 1 aromatic carbocycles. The average molecular weight is 361 g/mol. The molecule has 1 N–H and O–H groups in total. The molecule has 1 amide bonds. The molecule has 1 atom stereocenters. The highest BCUT2D eigenvalue weighted by atomic mass is 32.2. The predicted octanol–water partition coefficient (Wildman–Crippen LogP) is 1.99. The molecule has 0 radical (unpaired) electrons. The van der Waals surface area contributed by atoms with Gasteiger partial charge in [-0.1, -0.05) is 23.9 Å². The van der Waals surface area contributed by atoms with E-state index in [-0.39, 0.29) is 17.9 Å². The summed E-state index contributed by atoms with van der Waals surface area (Å²) in [5.74, 6) is 0.951. The molecular formula is C17H19N3O4S. The summed E-state index contributed by atoms with van der Waals surface area (Å²) in [6, 6.07) is 5.44. The maximum absolute atomic E-state index is 12.7. The number of rotatable bonds is 4. The lowest BCUT2D eigenvalue weighted by atomic mass is 9.86.